The fraction of sp³-hybridized carbons (Fsp3) is 0.562. The third-order valence-electron chi connectivity index (χ3n) is 3.29. The molecule has 0 radical (unpaired) electrons. The van der Waals surface area contributed by atoms with Crippen LogP contribution in [0.4, 0.5) is 0 Å². The smallest absolute Gasteiger partial charge is 0.209 e. The van der Waals surface area contributed by atoms with Gasteiger partial charge in [-0.05, 0) is 45.5 Å². The predicted octanol–water partition coefficient (Wildman–Crippen LogP) is 4.51. The van der Waals surface area contributed by atoms with Crippen LogP contribution in [0.5, 0.6) is 0 Å². The summed E-state index contributed by atoms with van der Waals surface area (Å²) in [7, 11) is 0.612. The highest BCUT2D eigenvalue weighted by molar-refractivity contribution is 7.37. The van der Waals surface area contributed by atoms with E-state index >= 15 is 0 Å². The molecule has 4 heteroatoms. The molecule has 2 aromatic rings. The average molecular weight is 291 g/mol. The molecule has 1 unspecified atom stereocenters. The number of aromatic nitrogens is 2. The van der Waals surface area contributed by atoms with Gasteiger partial charge in [-0.1, -0.05) is 26.0 Å². The number of nitrogens with zero attached hydrogens (tertiary/aromatic N) is 3. The lowest BCUT2D eigenvalue weighted by Crippen LogP contribution is -2.28. The molecule has 1 aromatic carbocycles. The molecule has 1 heterocycles. The molecule has 0 N–H and O–H groups in total. The van der Waals surface area contributed by atoms with Crippen LogP contribution in [-0.4, -0.2) is 14.8 Å². The number of hydrogen-bond acceptors (Lipinski definition) is 1. The van der Waals surface area contributed by atoms with Crippen molar-refractivity contribution in [2.75, 3.05) is 0 Å². The molecule has 20 heavy (non-hydrogen) atoms. The second-order valence-corrected chi connectivity index (χ2v) is 7.75. The number of para-hydroxylation sites is 2. The molecule has 0 saturated carbocycles. The highest BCUT2D eigenvalue weighted by atomic mass is 31.1. The maximum Gasteiger partial charge on any atom is 0.209 e. The first-order valence-electron chi connectivity index (χ1n) is 7.44. The maximum absolute atomic E-state index is 4.94. The van der Waals surface area contributed by atoms with Crippen LogP contribution in [0.1, 0.15) is 53.6 Å². The lowest BCUT2D eigenvalue weighted by Gasteiger charge is -2.12. The summed E-state index contributed by atoms with van der Waals surface area (Å²) in [5.41, 5.74) is 4.28. The van der Waals surface area contributed by atoms with E-state index in [2.05, 4.69) is 74.9 Å². The van der Waals surface area contributed by atoms with Gasteiger partial charge in [-0.2, -0.15) is 0 Å². The van der Waals surface area contributed by atoms with Gasteiger partial charge in [0.15, 0.2) is 0 Å². The Morgan fingerprint density at radius 1 is 0.850 bits per heavy atom. The van der Waals surface area contributed by atoms with Gasteiger partial charge in [0, 0.05) is 20.8 Å². The first kappa shape index (κ1) is 15.3. The molecule has 0 amide bonds. The first-order chi connectivity index (χ1) is 9.43. The Morgan fingerprint density at radius 2 is 1.30 bits per heavy atom. The number of rotatable bonds is 4. The summed E-state index contributed by atoms with van der Waals surface area (Å²) in [6, 6.07) is 9.45. The van der Waals surface area contributed by atoms with Gasteiger partial charge in [-0.25, -0.2) is 4.76 Å². The van der Waals surface area contributed by atoms with Gasteiger partial charge in [-0.3, -0.25) is 0 Å². The van der Waals surface area contributed by atoms with E-state index < -0.39 is 0 Å². The second kappa shape index (κ2) is 6.13. The van der Waals surface area contributed by atoms with E-state index in [1.165, 1.54) is 11.0 Å². The average Bonchev–Trinajstić information content (AvgIpc) is 2.70. The molecule has 0 aliphatic rings. The Labute approximate surface area is 123 Å². The third-order valence-corrected chi connectivity index (χ3v) is 4.13. The minimum atomic E-state index is 0.413. The Bertz CT molecular complexity index is 599. The van der Waals surface area contributed by atoms with Crippen LogP contribution in [0.2, 0.25) is 0 Å². The quantitative estimate of drug-likeness (QED) is 0.740. The maximum atomic E-state index is 4.94. The Morgan fingerprint density at radius 3 is 1.65 bits per heavy atom. The SMILES string of the molecule is CC(C)PN=c1n(C(C)C)c2ccccc2n1C(C)C. The largest absolute Gasteiger partial charge is 0.307 e. The molecule has 0 bridgehead atoms. The highest BCUT2D eigenvalue weighted by Crippen LogP contribution is 2.23. The van der Waals surface area contributed by atoms with E-state index in [1.54, 1.807) is 0 Å². The summed E-state index contributed by atoms with van der Waals surface area (Å²) >= 11 is 0. The van der Waals surface area contributed by atoms with Crippen molar-refractivity contribution in [3.8, 4) is 0 Å². The molecule has 0 saturated heterocycles. The normalized spacial score (nSPS) is 12.7. The molecule has 2 rings (SSSR count). The van der Waals surface area contributed by atoms with Crippen LogP contribution >= 0.6 is 8.73 Å². The minimum absolute atomic E-state index is 0.413. The lowest BCUT2D eigenvalue weighted by atomic mass is 10.3. The fourth-order valence-corrected chi connectivity index (χ4v) is 3.11. The Kier molecular flexibility index (Phi) is 4.70. The van der Waals surface area contributed by atoms with Crippen LogP contribution in [0.3, 0.4) is 0 Å². The summed E-state index contributed by atoms with van der Waals surface area (Å²) in [4.78, 5) is 0. The lowest BCUT2D eigenvalue weighted by molar-refractivity contribution is 0.524. The van der Waals surface area contributed by atoms with Crippen LogP contribution in [0, 0.1) is 0 Å². The molecule has 0 fully saturated rings. The van der Waals surface area contributed by atoms with Crippen LogP contribution < -0.4 is 5.62 Å². The summed E-state index contributed by atoms with van der Waals surface area (Å²) in [5, 5.41) is 0. The minimum Gasteiger partial charge on any atom is -0.307 e. The summed E-state index contributed by atoms with van der Waals surface area (Å²) in [5.74, 6) is 0. The number of fused-ring (bicyclic) bond motifs is 1. The monoisotopic (exact) mass is 291 g/mol. The second-order valence-electron chi connectivity index (χ2n) is 6.11. The zero-order valence-corrected chi connectivity index (χ0v) is 14.4. The number of hydrogen-bond donors (Lipinski definition) is 0. The van der Waals surface area contributed by atoms with Crippen LogP contribution in [-0.2, 0) is 0 Å². The third kappa shape index (κ3) is 2.83. The zero-order valence-electron chi connectivity index (χ0n) is 13.4. The molecular formula is C16H26N3P. The molecule has 110 valence electrons. The van der Waals surface area contributed by atoms with E-state index in [9.17, 15) is 0 Å². The van der Waals surface area contributed by atoms with Crippen molar-refractivity contribution in [3.63, 3.8) is 0 Å². The van der Waals surface area contributed by atoms with Crippen molar-refractivity contribution in [2.45, 2.75) is 59.3 Å². The van der Waals surface area contributed by atoms with Crippen molar-refractivity contribution < 1.29 is 0 Å². The van der Waals surface area contributed by atoms with E-state index in [0.717, 1.165) is 5.62 Å². The van der Waals surface area contributed by atoms with Crippen molar-refractivity contribution in [1.82, 2.24) is 9.13 Å². The number of imidazole rings is 1. The van der Waals surface area contributed by atoms with Gasteiger partial charge in [0.05, 0.1) is 11.0 Å². The van der Waals surface area contributed by atoms with Gasteiger partial charge >= 0.3 is 0 Å². The van der Waals surface area contributed by atoms with Gasteiger partial charge in [0.25, 0.3) is 0 Å². The highest BCUT2D eigenvalue weighted by Gasteiger charge is 2.15. The van der Waals surface area contributed by atoms with Crippen molar-refractivity contribution in [1.29, 1.82) is 0 Å². The van der Waals surface area contributed by atoms with Gasteiger partial charge < -0.3 is 9.13 Å². The summed E-state index contributed by atoms with van der Waals surface area (Å²) < 4.78 is 9.67. The molecule has 1 aromatic heterocycles. The molecular weight excluding hydrogens is 265 g/mol. The van der Waals surface area contributed by atoms with E-state index in [1.807, 2.05) is 0 Å². The van der Waals surface area contributed by atoms with E-state index in [0.29, 0.717) is 26.5 Å². The summed E-state index contributed by atoms with van der Waals surface area (Å²) in [6.45, 7) is 13.4. The topological polar surface area (TPSA) is 22.2 Å². The van der Waals surface area contributed by atoms with Crippen molar-refractivity contribution in [3.05, 3.63) is 29.9 Å². The first-order valence-corrected chi connectivity index (χ1v) is 8.46. The van der Waals surface area contributed by atoms with Crippen LogP contribution in [0.25, 0.3) is 11.0 Å². The fourth-order valence-electron chi connectivity index (χ4n) is 2.52. The van der Waals surface area contributed by atoms with Crippen molar-refractivity contribution >= 4 is 19.8 Å². The summed E-state index contributed by atoms with van der Waals surface area (Å²) in [6.07, 6.45) is 0. The Hall–Kier alpha value is -1.08. The molecule has 1 atom stereocenters. The van der Waals surface area contributed by atoms with Crippen molar-refractivity contribution in [2.24, 2.45) is 4.76 Å². The number of benzene rings is 1. The zero-order chi connectivity index (χ0) is 14.9. The van der Waals surface area contributed by atoms with Crippen LogP contribution in [0.15, 0.2) is 29.0 Å². The molecule has 0 aliphatic carbocycles. The van der Waals surface area contributed by atoms with Gasteiger partial charge in [-0.15, -0.1) is 0 Å². The van der Waals surface area contributed by atoms with E-state index in [-0.39, 0.29) is 0 Å². The van der Waals surface area contributed by atoms with E-state index in [4.69, 9.17) is 4.76 Å². The predicted molar refractivity (Wildman–Crippen MR) is 89.7 cm³/mol. The standard InChI is InChI=1S/C16H26N3P/c1-11(2)18-14-9-7-8-10-15(14)19(12(3)4)16(18)17-20-13(5)6/h7-13,20H,1-6H3. The van der Waals surface area contributed by atoms with Gasteiger partial charge in [0.2, 0.25) is 5.62 Å². The Balaban J connectivity index is 2.83. The molecule has 3 nitrogen and oxygen atoms in total. The molecule has 0 aliphatic heterocycles. The van der Waals surface area contributed by atoms with Gasteiger partial charge in [0.1, 0.15) is 0 Å². The molecule has 0 spiro atoms.